The monoisotopic (exact) mass is 343 g/mol. The van der Waals surface area contributed by atoms with Crippen molar-refractivity contribution in [3.8, 4) is 6.07 Å². The van der Waals surface area contributed by atoms with Crippen LogP contribution in [0.5, 0.6) is 0 Å². The van der Waals surface area contributed by atoms with Crippen LogP contribution in [0.3, 0.4) is 0 Å². The molecule has 0 radical (unpaired) electrons. The number of allylic oxidation sites excluding steroid dienone is 2. The van der Waals surface area contributed by atoms with Crippen molar-refractivity contribution in [2.75, 3.05) is 0 Å². The van der Waals surface area contributed by atoms with Gasteiger partial charge in [-0.15, -0.1) is 0 Å². The molecule has 0 N–H and O–H groups in total. The fourth-order valence-corrected chi connectivity index (χ4v) is 5.25. The quantitative estimate of drug-likeness (QED) is 0.309. The van der Waals surface area contributed by atoms with Crippen molar-refractivity contribution in [3.63, 3.8) is 0 Å². The summed E-state index contributed by atoms with van der Waals surface area (Å²) in [6.07, 6.45) is 24.4. The van der Waals surface area contributed by atoms with E-state index in [0.717, 1.165) is 43.4 Å². The van der Waals surface area contributed by atoms with Crippen LogP contribution in [0, 0.1) is 34.5 Å². The molecular formula is C24H41N. The van der Waals surface area contributed by atoms with Crippen LogP contribution >= 0.6 is 0 Å². The second kappa shape index (κ2) is 11.1. The van der Waals surface area contributed by atoms with Crippen molar-refractivity contribution in [1.82, 2.24) is 0 Å². The lowest BCUT2D eigenvalue weighted by atomic mass is 9.64. The predicted molar refractivity (Wildman–Crippen MR) is 108 cm³/mol. The van der Waals surface area contributed by atoms with Gasteiger partial charge in [0.1, 0.15) is 0 Å². The van der Waals surface area contributed by atoms with Gasteiger partial charge in [0.05, 0.1) is 11.5 Å². The van der Waals surface area contributed by atoms with Crippen LogP contribution in [0.1, 0.15) is 110 Å². The summed E-state index contributed by atoms with van der Waals surface area (Å²) in [7, 11) is 0. The van der Waals surface area contributed by atoms with Crippen molar-refractivity contribution in [2.45, 2.75) is 110 Å². The van der Waals surface area contributed by atoms with Gasteiger partial charge in [-0.05, 0) is 69.1 Å². The molecule has 0 spiro atoms. The van der Waals surface area contributed by atoms with E-state index in [4.69, 9.17) is 0 Å². The van der Waals surface area contributed by atoms with Gasteiger partial charge in [-0.25, -0.2) is 0 Å². The Bertz CT molecular complexity index is 414. The van der Waals surface area contributed by atoms with Crippen molar-refractivity contribution < 1.29 is 0 Å². The Morgan fingerprint density at radius 2 is 1.56 bits per heavy atom. The minimum Gasteiger partial charge on any atom is -0.198 e. The van der Waals surface area contributed by atoms with Gasteiger partial charge in [-0.3, -0.25) is 0 Å². The maximum absolute atomic E-state index is 9.75. The Morgan fingerprint density at radius 3 is 2.16 bits per heavy atom. The Morgan fingerprint density at radius 1 is 0.880 bits per heavy atom. The minimum atomic E-state index is -0.0436. The lowest BCUT2D eigenvalue weighted by Crippen LogP contribution is -2.30. The van der Waals surface area contributed by atoms with Gasteiger partial charge >= 0.3 is 0 Å². The molecule has 1 heteroatoms. The molecule has 0 unspecified atom stereocenters. The van der Waals surface area contributed by atoms with Gasteiger partial charge in [0.2, 0.25) is 0 Å². The van der Waals surface area contributed by atoms with Crippen LogP contribution in [-0.4, -0.2) is 0 Å². The number of rotatable bonds is 9. The molecule has 2 saturated carbocycles. The second-order valence-electron chi connectivity index (χ2n) is 8.97. The van der Waals surface area contributed by atoms with Crippen LogP contribution in [0.2, 0.25) is 0 Å². The number of unbranched alkanes of at least 4 members (excludes halogenated alkanes) is 3. The van der Waals surface area contributed by atoms with Gasteiger partial charge in [-0.1, -0.05) is 70.9 Å². The summed E-state index contributed by atoms with van der Waals surface area (Å²) in [4.78, 5) is 0. The Kier molecular flexibility index (Phi) is 9.08. The Labute approximate surface area is 157 Å². The highest BCUT2D eigenvalue weighted by Crippen LogP contribution is 2.47. The molecule has 0 amide bonds. The lowest BCUT2D eigenvalue weighted by molar-refractivity contribution is 0.121. The zero-order valence-electron chi connectivity index (χ0n) is 16.9. The predicted octanol–water partition coefficient (Wildman–Crippen LogP) is 7.82. The largest absolute Gasteiger partial charge is 0.198 e. The highest BCUT2D eigenvalue weighted by atomic mass is 14.4. The zero-order valence-corrected chi connectivity index (χ0v) is 16.9. The fraction of sp³-hybridized carbons (Fsp3) is 0.875. The number of hydrogen-bond acceptors (Lipinski definition) is 1. The normalized spacial score (nSPS) is 33.4. The van der Waals surface area contributed by atoms with E-state index in [1.165, 1.54) is 70.6 Å². The summed E-state index contributed by atoms with van der Waals surface area (Å²) in [5.74, 6) is 2.90. The molecule has 2 fully saturated rings. The standard InChI is InChI=1S/C24H41N/c1-3-5-7-9-17-24(20-25)18-15-23(16-19-24)22-13-11-21(12-14-22)10-8-6-4-2/h7,9,21-23H,3-6,8,10-19H2,1-2H3/b9-7-. The third-order valence-electron chi connectivity index (χ3n) is 7.13. The summed E-state index contributed by atoms with van der Waals surface area (Å²) >= 11 is 0. The van der Waals surface area contributed by atoms with Gasteiger partial charge in [0.15, 0.2) is 0 Å². The first-order chi connectivity index (χ1) is 12.2. The molecule has 0 aromatic carbocycles. The summed E-state index contributed by atoms with van der Waals surface area (Å²) in [6, 6.07) is 2.70. The molecule has 2 aliphatic rings. The van der Waals surface area contributed by atoms with Crippen LogP contribution in [0.4, 0.5) is 0 Å². The van der Waals surface area contributed by atoms with Crippen LogP contribution in [0.25, 0.3) is 0 Å². The number of hydrogen-bond donors (Lipinski definition) is 0. The average Bonchev–Trinajstić information content (AvgIpc) is 2.67. The molecule has 1 nitrogen and oxygen atoms in total. The topological polar surface area (TPSA) is 23.8 Å². The lowest BCUT2D eigenvalue weighted by Gasteiger charge is -2.40. The summed E-state index contributed by atoms with van der Waals surface area (Å²) in [5.41, 5.74) is -0.0436. The smallest absolute Gasteiger partial charge is 0.0693 e. The SMILES string of the molecule is CCC/C=C\CC1(C#N)CCC(C2CCC(CCCCC)CC2)CC1. The maximum Gasteiger partial charge on any atom is 0.0693 e. The Balaban J connectivity index is 1.72. The van der Waals surface area contributed by atoms with Crippen molar-refractivity contribution in [2.24, 2.45) is 23.2 Å². The molecule has 0 heterocycles. The molecule has 0 aromatic heterocycles. The molecule has 2 aliphatic carbocycles. The minimum absolute atomic E-state index is 0.0436. The van der Waals surface area contributed by atoms with Crippen molar-refractivity contribution >= 4 is 0 Å². The first-order valence-corrected chi connectivity index (χ1v) is 11.3. The third kappa shape index (κ3) is 6.47. The highest BCUT2D eigenvalue weighted by Gasteiger charge is 2.37. The molecule has 25 heavy (non-hydrogen) atoms. The fourth-order valence-electron chi connectivity index (χ4n) is 5.25. The molecule has 0 atom stereocenters. The van der Waals surface area contributed by atoms with Gasteiger partial charge < -0.3 is 0 Å². The van der Waals surface area contributed by atoms with E-state index in [9.17, 15) is 5.26 Å². The average molecular weight is 344 g/mol. The first-order valence-electron chi connectivity index (χ1n) is 11.3. The first kappa shape index (κ1) is 20.5. The van der Waals surface area contributed by atoms with Crippen LogP contribution in [0.15, 0.2) is 12.2 Å². The van der Waals surface area contributed by atoms with Crippen LogP contribution in [-0.2, 0) is 0 Å². The molecule has 0 aromatic rings. The molecule has 0 saturated heterocycles. The van der Waals surface area contributed by atoms with E-state index in [2.05, 4.69) is 32.1 Å². The van der Waals surface area contributed by atoms with Gasteiger partial charge in [0, 0.05) is 0 Å². The van der Waals surface area contributed by atoms with E-state index < -0.39 is 0 Å². The van der Waals surface area contributed by atoms with E-state index >= 15 is 0 Å². The number of nitrogens with zero attached hydrogens (tertiary/aromatic N) is 1. The number of nitriles is 1. The summed E-state index contributed by atoms with van der Waals surface area (Å²) in [6.45, 7) is 4.52. The van der Waals surface area contributed by atoms with E-state index in [1.54, 1.807) is 0 Å². The zero-order chi connectivity index (χ0) is 18.0. The summed E-state index contributed by atoms with van der Waals surface area (Å²) in [5, 5.41) is 9.75. The molecular weight excluding hydrogens is 302 g/mol. The molecule has 2 rings (SSSR count). The van der Waals surface area contributed by atoms with Crippen molar-refractivity contribution in [1.29, 1.82) is 5.26 Å². The summed E-state index contributed by atoms with van der Waals surface area (Å²) < 4.78 is 0. The van der Waals surface area contributed by atoms with E-state index in [-0.39, 0.29) is 5.41 Å². The molecule has 0 aliphatic heterocycles. The second-order valence-corrected chi connectivity index (χ2v) is 8.97. The molecule has 142 valence electrons. The Hall–Kier alpha value is -0.770. The van der Waals surface area contributed by atoms with E-state index in [1.807, 2.05) is 0 Å². The molecule has 0 bridgehead atoms. The van der Waals surface area contributed by atoms with Gasteiger partial charge in [-0.2, -0.15) is 5.26 Å². The third-order valence-corrected chi connectivity index (χ3v) is 7.13. The maximum atomic E-state index is 9.75. The van der Waals surface area contributed by atoms with E-state index in [0.29, 0.717) is 0 Å². The van der Waals surface area contributed by atoms with Gasteiger partial charge in [0.25, 0.3) is 0 Å². The van der Waals surface area contributed by atoms with Crippen molar-refractivity contribution in [3.05, 3.63) is 12.2 Å². The highest BCUT2D eigenvalue weighted by molar-refractivity contribution is 5.06. The van der Waals surface area contributed by atoms with Crippen LogP contribution < -0.4 is 0 Å².